The number of amides is 1. The first kappa shape index (κ1) is 91.9. The van der Waals surface area contributed by atoms with Crippen molar-refractivity contribution in [1.29, 1.82) is 0 Å². The van der Waals surface area contributed by atoms with E-state index in [1.54, 1.807) is 53.4 Å². The Morgan fingerprint density at radius 3 is 1.26 bits per heavy atom. The quantitative estimate of drug-likeness (QED) is 0.0551. The number of aromatic nitrogens is 12. The zero-order valence-corrected chi connectivity index (χ0v) is 68.9. The van der Waals surface area contributed by atoms with Gasteiger partial charge < -0.3 is 29.6 Å². The largest absolute Gasteiger partial charge is 0.447 e. The molecule has 1 N–H and O–H groups in total. The van der Waals surface area contributed by atoms with Gasteiger partial charge in [-0.25, -0.2) is 31.0 Å². The van der Waals surface area contributed by atoms with Gasteiger partial charge >= 0.3 is 11.9 Å². The Balaban J connectivity index is 0.000000324. The molecule has 0 bridgehead atoms. The molecule has 1 aliphatic rings. The van der Waals surface area contributed by atoms with Gasteiger partial charge in [0.15, 0.2) is 11.6 Å². The molecule has 1 aliphatic heterocycles. The number of rotatable bonds is 5. The molecular formula is C87H112N16O6. The average Bonchev–Trinajstić information content (AvgIpc) is 1.78. The maximum absolute atomic E-state index is 11.3. The summed E-state index contributed by atoms with van der Waals surface area (Å²) in [7, 11) is 1.80. The number of carbonyl (C=O) groups is 2. The van der Waals surface area contributed by atoms with Crippen LogP contribution in [0.4, 0.5) is 22.2 Å². The average molecular weight is 1480 g/mol. The number of hydrogen-bond acceptors (Lipinski definition) is 17. The number of carbonyl (C=O) groups excluding carboxylic acids is 2. The topological polar surface area (TPSA) is 265 Å². The molecule has 0 spiro atoms. The fourth-order valence-corrected chi connectivity index (χ4v) is 8.89. The lowest BCUT2D eigenvalue weighted by atomic mass is 9.88. The first-order valence-corrected chi connectivity index (χ1v) is 35.7. The van der Waals surface area contributed by atoms with Crippen LogP contribution < -0.4 is 4.90 Å². The van der Waals surface area contributed by atoms with E-state index in [0.29, 0.717) is 54.2 Å². The SMILES string of the molecule is C#Cc1ccc(C(C)(C)C)cn1.CC(=O)c1ccc(C(C)(C)C)cn1.CC(C)(C)c1ccc(C#CCO)nc1.CC(C)(C)c1ccc(N2CCOC2=O)nc1.CC(C)(C)c1ccc([N+](=O)[O-])nc1.Cn1nnnc1-c1ccc(C(C)(C)C)cn1.[C-]#[N+]Cc1ccc(C(C)(C)C)cn1.[C-]#[N+]c1ccc(C(C)(C)C)cn1. The van der Waals surface area contributed by atoms with Crippen LogP contribution in [0.25, 0.3) is 21.2 Å². The molecule has 22 heteroatoms. The number of anilines is 1. The number of Topliss-reactive ketones (excluding diaryl/α,β-unsaturated/α-hetero) is 1. The van der Waals surface area contributed by atoms with Gasteiger partial charge in [0.25, 0.3) is 12.4 Å². The van der Waals surface area contributed by atoms with Gasteiger partial charge in [0, 0.05) is 62.8 Å². The van der Waals surface area contributed by atoms with Gasteiger partial charge in [0.05, 0.1) is 6.54 Å². The van der Waals surface area contributed by atoms with Crippen molar-refractivity contribution in [3.63, 3.8) is 0 Å². The second kappa shape index (κ2) is 40.6. The van der Waals surface area contributed by atoms with Gasteiger partial charge in [-0.3, -0.25) is 24.6 Å². The highest BCUT2D eigenvalue weighted by atomic mass is 16.6. The fourth-order valence-electron chi connectivity index (χ4n) is 8.89. The van der Waals surface area contributed by atoms with Gasteiger partial charge in [-0.2, -0.15) is 0 Å². The summed E-state index contributed by atoms with van der Waals surface area (Å²) in [6, 6.07) is 30.3. The van der Waals surface area contributed by atoms with Crippen molar-refractivity contribution in [3.05, 3.63) is 247 Å². The summed E-state index contributed by atoms with van der Waals surface area (Å²) < 4.78 is 6.47. The van der Waals surface area contributed by atoms with E-state index < -0.39 is 4.92 Å². The van der Waals surface area contributed by atoms with E-state index >= 15 is 0 Å². The Kier molecular flexibility index (Phi) is 34.2. The first-order valence-electron chi connectivity index (χ1n) is 35.7. The Morgan fingerprint density at radius 1 is 0.541 bits per heavy atom. The van der Waals surface area contributed by atoms with Crippen LogP contribution in [0.1, 0.15) is 245 Å². The highest BCUT2D eigenvalue weighted by Gasteiger charge is 2.26. The third kappa shape index (κ3) is 32.3. The van der Waals surface area contributed by atoms with E-state index in [0.717, 1.165) is 33.6 Å². The van der Waals surface area contributed by atoms with E-state index in [9.17, 15) is 19.7 Å². The van der Waals surface area contributed by atoms with Crippen LogP contribution in [-0.2, 0) is 61.6 Å². The van der Waals surface area contributed by atoms with E-state index in [1.807, 2.05) is 118 Å². The summed E-state index contributed by atoms with van der Waals surface area (Å²) in [5, 5.41) is 30.1. The molecule has 10 heterocycles. The van der Waals surface area contributed by atoms with Crippen molar-refractivity contribution in [2.75, 3.05) is 24.7 Å². The molecule has 109 heavy (non-hydrogen) atoms. The van der Waals surface area contributed by atoms with Crippen molar-refractivity contribution in [2.45, 2.75) is 223 Å². The molecule has 10 rings (SSSR count). The van der Waals surface area contributed by atoms with Gasteiger partial charge in [-0.05, 0) is 157 Å². The van der Waals surface area contributed by atoms with Crippen LogP contribution in [0.5, 0.6) is 0 Å². The van der Waals surface area contributed by atoms with Crippen LogP contribution in [0.15, 0.2) is 147 Å². The van der Waals surface area contributed by atoms with Gasteiger partial charge in [-0.15, -0.1) is 16.5 Å². The van der Waals surface area contributed by atoms with E-state index in [2.05, 4.69) is 234 Å². The van der Waals surface area contributed by atoms with Crippen LogP contribution >= 0.6 is 0 Å². The normalized spacial score (nSPS) is 11.9. The monoisotopic (exact) mass is 1480 g/mol. The standard InChI is InChI=1S/C12H16N2O2.C12H15NO.C11H15N5.C11H14N2.C11H15NO.C11H13N.C10H12N2.C9H12N2O2/c1-12(2,3)9-4-5-10(13-8-9)14-6-7-16-11(14)15;1-12(2,3)10-6-7-11(13-9-10)5-4-8-14;1-11(2,3)8-5-6-9(12-7-8)10-13-14-15-16(10)4;1-11(2,3)9-5-6-10(8-12-4)13-7-9;1-8(13)10-6-5-9(7-12-10)11(2,3)4;1-5-10-7-6-9(8-12-10)11(2,3)4;1-10(2,3)8-5-6-9(11-4)12-7-8;1-9(2,3)7-4-5-8(10-6-7)11(12)13/h4-5,8H,6-7H2,1-3H3;6-7,9,14H,8H2,1-3H3;5-7H,1-4H3;5-7H,8H2,1-3H3;5-7H,1-4H3;1,6-8H,2-4H3;5-7H,1-3H3;4-6H,1-3H3. The summed E-state index contributed by atoms with van der Waals surface area (Å²) in [4.78, 5) is 73.2. The molecular weight excluding hydrogens is 1370 g/mol. The smallest absolute Gasteiger partial charge is 0.415 e. The van der Waals surface area contributed by atoms with Crippen LogP contribution in [0.3, 0.4) is 0 Å². The maximum Gasteiger partial charge on any atom is 0.415 e. The van der Waals surface area contributed by atoms with Crippen LogP contribution in [0.2, 0.25) is 0 Å². The molecule has 0 saturated carbocycles. The Bertz CT molecular complexity index is 4370. The minimum Gasteiger partial charge on any atom is -0.447 e. The van der Waals surface area contributed by atoms with Gasteiger partial charge in [-0.1, -0.05) is 227 Å². The van der Waals surface area contributed by atoms with Crippen molar-refractivity contribution < 1.29 is 24.4 Å². The number of nitrogens with zero attached hydrogens (tertiary/aromatic N) is 16. The first-order chi connectivity index (χ1) is 50.4. The van der Waals surface area contributed by atoms with E-state index in [1.165, 1.54) is 35.2 Å². The zero-order chi connectivity index (χ0) is 82.5. The third-order valence-corrected chi connectivity index (χ3v) is 16.3. The Morgan fingerprint density at radius 2 is 0.954 bits per heavy atom. The number of terminal acetylenes is 1. The number of pyridine rings is 8. The summed E-state index contributed by atoms with van der Waals surface area (Å²) in [5.74, 6) is 9.54. The van der Waals surface area contributed by atoms with Gasteiger partial charge in [0.1, 0.15) is 59.9 Å². The Labute approximate surface area is 647 Å². The Hall–Kier alpha value is -11.3. The second-order valence-corrected chi connectivity index (χ2v) is 33.7. The van der Waals surface area contributed by atoms with Gasteiger partial charge in [0.2, 0.25) is 0 Å². The number of ketones is 1. The molecule has 9 aromatic heterocycles. The predicted molar refractivity (Wildman–Crippen MR) is 435 cm³/mol. The summed E-state index contributed by atoms with van der Waals surface area (Å²) >= 11 is 0. The van der Waals surface area contributed by atoms with Crippen molar-refractivity contribution in [1.82, 2.24) is 60.1 Å². The molecule has 576 valence electrons. The van der Waals surface area contributed by atoms with E-state index in [-0.39, 0.29) is 67.6 Å². The van der Waals surface area contributed by atoms with Crippen molar-refractivity contribution in [2.24, 2.45) is 7.05 Å². The second-order valence-electron chi connectivity index (χ2n) is 33.7. The predicted octanol–water partition coefficient (Wildman–Crippen LogP) is 18.6. The van der Waals surface area contributed by atoms with Crippen LogP contribution in [-0.4, -0.2) is 102 Å². The highest BCUT2D eigenvalue weighted by molar-refractivity contribution is 5.92. The lowest BCUT2D eigenvalue weighted by Crippen LogP contribution is -2.24. The molecule has 1 amide bonds. The molecule has 1 fully saturated rings. The summed E-state index contributed by atoms with van der Waals surface area (Å²) in [6.07, 6.45) is 19.2. The summed E-state index contributed by atoms with van der Waals surface area (Å²) in [5.41, 5.74) is 13.7. The summed E-state index contributed by atoms with van der Waals surface area (Å²) in [6.45, 7) is 67.3. The third-order valence-electron chi connectivity index (χ3n) is 16.3. The lowest BCUT2D eigenvalue weighted by Gasteiger charge is -2.19. The minimum absolute atomic E-state index is 0.0118. The number of cyclic esters (lactones) is 1. The number of aliphatic hydroxyl groups excluding tert-OH is 1. The van der Waals surface area contributed by atoms with E-state index in [4.69, 9.17) is 29.4 Å². The van der Waals surface area contributed by atoms with Crippen molar-refractivity contribution in [3.8, 4) is 35.7 Å². The minimum atomic E-state index is -0.494. The molecule has 0 aromatic carbocycles. The number of ether oxygens (including phenoxy) is 1. The number of aryl methyl sites for hydroxylation is 1. The molecule has 0 unspecified atom stereocenters. The highest BCUT2D eigenvalue weighted by Crippen LogP contribution is 2.29. The lowest BCUT2D eigenvalue weighted by molar-refractivity contribution is -0.389. The number of nitro groups is 1. The fraction of sp³-hybridized carbons (Fsp3) is 0.437. The molecule has 0 atom stereocenters. The molecule has 1 saturated heterocycles. The molecule has 22 nitrogen and oxygen atoms in total. The molecule has 0 radical (unpaired) electrons. The number of aliphatic hydroxyl groups is 1. The van der Waals surface area contributed by atoms with Crippen molar-refractivity contribution >= 4 is 29.3 Å². The zero-order valence-electron chi connectivity index (χ0n) is 68.9. The van der Waals surface area contributed by atoms with Crippen LogP contribution in [0, 0.1) is 47.4 Å². The number of tetrazole rings is 1. The molecule has 0 aliphatic carbocycles. The number of hydrogen-bond donors (Lipinski definition) is 1. The molecule has 9 aromatic rings. The maximum atomic E-state index is 11.3.